The maximum Gasteiger partial charge on any atom is 0.253 e. The summed E-state index contributed by atoms with van der Waals surface area (Å²) in [4.78, 5) is 29.1. The van der Waals surface area contributed by atoms with Crippen molar-refractivity contribution in [1.29, 1.82) is 0 Å². The van der Waals surface area contributed by atoms with Crippen molar-refractivity contribution >= 4 is 11.8 Å². The van der Waals surface area contributed by atoms with E-state index in [1.807, 2.05) is 53.1 Å². The number of ether oxygens (including phenoxy) is 1. The van der Waals surface area contributed by atoms with Gasteiger partial charge in [-0.3, -0.25) is 9.59 Å². The molecule has 1 heterocycles. The number of aryl methyl sites for hydroxylation is 2. The van der Waals surface area contributed by atoms with Gasteiger partial charge in [0.15, 0.2) is 0 Å². The predicted molar refractivity (Wildman–Crippen MR) is 121 cm³/mol. The van der Waals surface area contributed by atoms with Crippen LogP contribution in [0.5, 0.6) is 5.75 Å². The Morgan fingerprint density at radius 3 is 2.32 bits per heavy atom. The first-order chi connectivity index (χ1) is 15.1. The van der Waals surface area contributed by atoms with Crippen molar-refractivity contribution in [1.82, 2.24) is 9.80 Å². The lowest BCUT2D eigenvalue weighted by Crippen LogP contribution is -2.50. The van der Waals surface area contributed by atoms with Gasteiger partial charge in [-0.25, -0.2) is 0 Å². The summed E-state index contributed by atoms with van der Waals surface area (Å²) in [7, 11) is 0. The largest absolute Gasteiger partial charge is 0.490 e. The van der Waals surface area contributed by atoms with E-state index in [-0.39, 0.29) is 11.8 Å². The number of benzene rings is 2. The van der Waals surface area contributed by atoms with E-state index in [2.05, 4.69) is 12.1 Å². The van der Waals surface area contributed by atoms with Crippen LogP contribution in [0.15, 0.2) is 48.5 Å². The molecule has 164 valence electrons. The molecule has 2 amide bonds. The highest BCUT2D eigenvalue weighted by Gasteiger charge is 2.24. The van der Waals surface area contributed by atoms with Gasteiger partial charge >= 0.3 is 0 Å². The fourth-order valence-electron chi connectivity index (χ4n) is 4.42. The third kappa shape index (κ3) is 5.66. The summed E-state index contributed by atoms with van der Waals surface area (Å²) in [6, 6.07) is 15.8. The molecule has 1 aliphatic carbocycles. The lowest BCUT2D eigenvalue weighted by Gasteiger charge is -2.35. The molecule has 0 spiro atoms. The third-order valence-corrected chi connectivity index (χ3v) is 6.35. The Labute approximate surface area is 185 Å². The minimum absolute atomic E-state index is 0.0474. The first-order valence-corrected chi connectivity index (χ1v) is 11.5. The van der Waals surface area contributed by atoms with E-state index in [0.717, 1.165) is 29.7 Å². The maximum absolute atomic E-state index is 12.7. The zero-order valence-electron chi connectivity index (χ0n) is 18.4. The molecule has 5 nitrogen and oxygen atoms in total. The number of carbonyl (C=O) groups excluding carboxylic acids is 2. The molecule has 2 aliphatic rings. The Morgan fingerprint density at radius 2 is 1.61 bits per heavy atom. The number of piperazine rings is 1. The van der Waals surface area contributed by atoms with Crippen molar-refractivity contribution in [2.75, 3.05) is 26.2 Å². The molecule has 0 aromatic heterocycles. The Morgan fingerprint density at radius 1 is 0.935 bits per heavy atom. The first-order valence-electron chi connectivity index (χ1n) is 11.5. The second kappa shape index (κ2) is 9.99. The Hall–Kier alpha value is -2.82. The van der Waals surface area contributed by atoms with E-state index in [9.17, 15) is 9.59 Å². The van der Waals surface area contributed by atoms with Crippen molar-refractivity contribution in [3.05, 3.63) is 65.2 Å². The van der Waals surface area contributed by atoms with Crippen LogP contribution in [0, 0.1) is 6.92 Å². The molecule has 0 radical (unpaired) electrons. The molecule has 0 atom stereocenters. The minimum atomic E-state index is 0.0474. The van der Waals surface area contributed by atoms with Crippen LogP contribution in [0.25, 0.3) is 0 Å². The molecule has 2 aromatic carbocycles. The summed E-state index contributed by atoms with van der Waals surface area (Å²) in [5, 5.41) is 0. The maximum atomic E-state index is 12.7. The third-order valence-electron chi connectivity index (χ3n) is 6.35. The molecule has 2 fully saturated rings. The molecule has 1 saturated heterocycles. The average molecular weight is 421 g/mol. The highest BCUT2D eigenvalue weighted by Crippen LogP contribution is 2.25. The summed E-state index contributed by atoms with van der Waals surface area (Å²) in [5.74, 6) is 1.12. The zero-order valence-corrected chi connectivity index (χ0v) is 18.4. The Bertz CT molecular complexity index is 895. The van der Waals surface area contributed by atoms with Crippen molar-refractivity contribution in [3.8, 4) is 5.75 Å². The van der Waals surface area contributed by atoms with E-state index in [4.69, 9.17) is 4.74 Å². The predicted octanol–water partition coefficient (Wildman–Crippen LogP) is 4.23. The quantitative estimate of drug-likeness (QED) is 0.703. The average Bonchev–Trinajstić information content (AvgIpc) is 3.31. The van der Waals surface area contributed by atoms with Crippen LogP contribution in [0.3, 0.4) is 0 Å². The number of hydrogen-bond acceptors (Lipinski definition) is 3. The monoisotopic (exact) mass is 420 g/mol. The van der Waals surface area contributed by atoms with Crippen LogP contribution in [0.2, 0.25) is 0 Å². The van der Waals surface area contributed by atoms with Gasteiger partial charge in [0, 0.05) is 38.2 Å². The van der Waals surface area contributed by atoms with E-state index in [0.29, 0.717) is 50.7 Å². The van der Waals surface area contributed by atoms with Crippen LogP contribution in [-0.4, -0.2) is 53.9 Å². The van der Waals surface area contributed by atoms with Gasteiger partial charge in [-0.05, 0) is 68.9 Å². The highest BCUT2D eigenvalue weighted by atomic mass is 16.5. The summed E-state index contributed by atoms with van der Waals surface area (Å²) in [6.07, 6.45) is 6.33. The normalized spacial score (nSPS) is 17.1. The molecule has 0 N–H and O–H groups in total. The molecular formula is C26H32N2O3. The van der Waals surface area contributed by atoms with Crippen molar-refractivity contribution in [3.63, 3.8) is 0 Å². The van der Waals surface area contributed by atoms with E-state index in [1.54, 1.807) is 0 Å². The van der Waals surface area contributed by atoms with Gasteiger partial charge in [-0.2, -0.15) is 0 Å². The molecule has 0 unspecified atom stereocenters. The number of amides is 2. The molecule has 2 aromatic rings. The van der Waals surface area contributed by atoms with E-state index >= 15 is 0 Å². The van der Waals surface area contributed by atoms with Crippen molar-refractivity contribution in [2.24, 2.45) is 0 Å². The number of rotatable bonds is 6. The minimum Gasteiger partial charge on any atom is -0.490 e. The lowest BCUT2D eigenvalue weighted by molar-refractivity contribution is -0.132. The van der Waals surface area contributed by atoms with Crippen LogP contribution in [-0.2, 0) is 11.2 Å². The number of nitrogens with zero attached hydrogens (tertiary/aromatic N) is 2. The van der Waals surface area contributed by atoms with E-state index < -0.39 is 0 Å². The van der Waals surface area contributed by atoms with Crippen LogP contribution in [0.4, 0.5) is 0 Å². The van der Waals surface area contributed by atoms with Crippen molar-refractivity contribution in [2.45, 2.75) is 51.6 Å². The topological polar surface area (TPSA) is 49.9 Å². The second-order valence-electron chi connectivity index (χ2n) is 8.71. The molecular weight excluding hydrogens is 388 g/mol. The number of carbonyl (C=O) groups is 2. The van der Waals surface area contributed by atoms with E-state index in [1.165, 1.54) is 12.8 Å². The van der Waals surface area contributed by atoms with Crippen LogP contribution in [0.1, 0.15) is 53.6 Å². The fraction of sp³-hybridized carbons (Fsp3) is 0.462. The fourth-order valence-corrected chi connectivity index (χ4v) is 4.42. The first kappa shape index (κ1) is 21.4. The molecule has 0 bridgehead atoms. The molecule has 31 heavy (non-hydrogen) atoms. The SMILES string of the molecule is Cc1ccc(C(=O)N2CCN(C(=O)CCc3cccc(OC4CCCC4)c3)CC2)cc1. The number of hydrogen-bond donors (Lipinski definition) is 0. The van der Waals surface area contributed by atoms with Gasteiger partial charge in [0.2, 0.25) is 5.91 Å². The van der Waals surface area contributed by atoms with Crippen LogP contribution < -0.4 is 4.74 Å². The van der Waals surface area contributed by atoms with Gasteiger partial charge in [-0.1, -0.05) is 29.8 Å². The van der Waals surface area contributed by atoms with Gasteiger partial charge in [0.1, 0.15) is 5.75 Å². The molecule has 1 aliphatic heterocycles. The molecule has 5 heteroatoms. The molecule has 4 rings (SSSR count). The summed E-state index contributed by atoms with van der Waals surface area (Å²) in [5.41, 5.74) is 2.99. The lowest BCUT2D eigenvalue weighted by atomic mass is 10.1. The zero-order chi connectivity index (χ0) is 21.6. The highest BCUT2D eigenvalue weighted by molar-refractivity contribution is 5.94. The van der Waals surface area contributed by atoms with Gasteiger partial charge < -0.3 is 14.5 Å². The summed E-state index contributed by atoms with van der Waals surface area (Å²) >= 11 is 0. The van der Waals surface area contributed by atoms with Gasteiger partial charge in [0.05, 0.1) is 6.10 Å². The van der Waals surface area contributed by atoms with Crippen molar-refractivity contribution < 1.29 is 14.3 Å². The molecule has 1 saturated carbocycles. The second-order valence-corrected chi connectivity index (χ2v) is 8.71. The standard InChI is InChI=1S/C26H32N2O3/c1-20-9-12-22(13-10-20)26(30)28-17-15-27(16-18-28)25(29)14-11-21-5-4-8-24(19-21)31-23-6-2-3-7-23/h4-5,8-10,12-13,19,23H,2-3,6-7,11,14-18H2,1H3. The van der Waals surface area contributed by atoms with Crippen LogP contribution >= 0.6 is 0 Å². The Balaban J connectivity index is 1.24. The van der Waals surface area contributed by atoms with Gasteiger partial charge in [0.25, 0.3) is 5.91 Å². The Kier molecular flexibility index (Phi) is 6.90. The summed E-state index contributed by atoms with van der Waals surface area (Å²) < 4.78 is 6.08. The van der Waals surface area contributed by atoms with Gasteiger partial charge in [-0.15, -0.1) is 0 Å². The smallest absolute Gasteiger partial charge is 0.253 e. The summed E-state index contributed by atoms with van der Waals surface area (Å²) in [6.45, 7) is 4.38.